The Morgan fingerprint density at radius 2 is 2.03 bits per heavy atom. The Morgan fingerprint density at radius 3 is 2.65 bits per heavy atom. The van der Waals surface area contributed by atoms with Crippen molar-refractivity contribution in [2.45, 2.75) is 38.1 Å². The number of ether oxygens (including phenoxy) is 1. The molecule has 0 bridgehead atoms. The van der Waals surface area contributed by atoms with Crippen LogP contribution in [0.2, 0.25) is 0 Å². The molecule has 170 valence electrons. The number of carbonyl (C=O) groups is 2. The van der Waals surface area contributed by atoms with Crippen LogP contribution in [-0.2, 0) is 19.4 Å². The molecule has 1 spiro atoms. The first-order valence-corrected chi connectivity index (χ1v) is 12.5. The van der Waals surface area contributed by atoms with E-state index in [1.165, 1.54) is 6.07 Å². The van der Waals surface area contributed by atoms with Gasteiger partial charge in [0, 0.05) is 31.1 Å². The molecule has 0 aromatic heterocycles. The molecule has 0 saturated carbocycles. The van der Waals surface area contributed by atoms with Crippen LogP contribution in [-0.4, -0.2) is 64.2 Å². The van der Waals surface area contributed by atoms with Gasteiger partial charge in [0.1, 0.15) is 5.82 Å². The number of nitrogens with one attached hydrogen (secondary N) is 2. The third-order valence-corrected chi connectivity index (χ3v) is 8.65. The van der Waals surface area contributed by atoms with E-state index in [-0.39, 0.29) is 47.8 Å². The molecule has 3 aliphatic heterocycles. The number of sulfone groups is 1. The van der Waals surface area contributed by atoms with Gasteiger partial charge in [0.25, 0.3) is 0 Å². The average molecular weight is 454 g/mol. The van der Waals surface area contributed by atoms with E-state index in [1.54, 1.807) is 19.1 Å². The zero-order valence-electron chi connectivity index (χ0n) is 17.5. The van der Waals surface area contributed by atoms with E-state index in [0.29, 0.717) is 30.8 Å². The molecule has 4 rings (SSSR count). The van der Waals surface area contributed by atoms with Crippen LogP contribution in [0.4, 0.5) is 14.9 Å². The maximum atomic E-state index is 14.9. The Hall–Kier alpha value is -2.36. The minimum absolute atomic E-state index is 0.125. The van der Waals surface area contributed by atoms with Crippen molar-refractivity contribution in [3.63, 3.8) is 0 Å². The minimum Gasteiger partial charge on any atom is -0.450 e. The van der Waals surface area contributed by atoms with Gasteiger partial charge in [-0.05, 0) is 43.9 Å². The highest BCUT2D eigenvalue weighted by Crippen LogP contribution is 2.43. The third kappa shape index (κ3) is 4.63. The van der Waals surface area contributed by atoms with Gasteiger partial charge in [-0.2, -0.15) is 0 Å². The van der Waals surface area contributed by atoms with Crippen molar-refractivity contribution in [3.05, 3.63) is 29.6 Å². The number of benzene rings is 1. The summed E-state index contributed by atoms with van der Waals surface area (Å²) < 4.78 is 42.8. The van der Waals surface area contributed by atoms with E-state index in [1.807, 2.05) is 4.90 Å². The fourth-order valence-electron chi connectivity index (χ4n) is 4.96. The van der Waals surface area contributed by atoms with Gasteiger partial charge in [0.2, 0.25) is 5.91 Å². The van der Waals surface area contributed by atoms with E-state index >= 15 is 0 Å². The number of amides is 2. The second kappa shape index (κ2) is 8.29. The zero-order chi connectivity index (χ0) is 22.2. The maximum absolute atomic E-state index is 14.9. The summed E-state index contributed by atoms with van der Waals surface area (Å²) in [5.74, 6) is -0.539. The number of hydrogen-bond acceptors (Lipinski definition) is 6. The Labute approximate surface area is 181 Å². The standard InChI is InChI=1S/C21H28FN3O5S/c1-2-30-20(27)23-11-15-10-16(19(26)24-15)14-3-4-18(17(22)9-14)25-7-5-21(6-8-25)12-31(28,29)13-21/h3-4,9,15-16H,2,5-8,10-13H2,1H3,(H,23,27)(H,24,26)/t15?,16-/m0/s1. The van der Waals surface area contributed by atoms with Crippen LogP contribution in [0.5, 0.6) is 0 Å². The number of anilines is 1. The predicted molar refractivity (Wildman–Crippen MR) is 113 cm³/mol. The molecule has 10 heteroatoms. The lowest BCUT2D eigenvalue weighted by Gasteiger charge is -2.47. The lowest BCUT2D eigenvalue weighted by Crippen LogP contribution is -2.54. The summed E-state index contributed by atoms with van der Waals surface area (Å²) in [4.78, 5) is 25.8. The summed E-state index contributed by atoms with van der Waals surface area (Å²) in [6.45, 7) is 3.49. The SMILES string of the molecule is CCOC(=O)NCC1C[C@@H](c2ccc(N3CCC4(CC3)CS(=O)(=O)C4)c(F)c2)C(=O)N1. The molecule has 3 saturated heterocycles. The largest absolute Gasteiger partial charge is 0.450 e. The molecule has 3 aliphatic rings. The average Bonchev–Trinajstić information content (AvgIpc) is 3.07. The van der Waals surface area contributed by atoms with Crippen molar-refractivity contribution in [2.75, 3.05) is 42.6 Å². The molecule has 1 aromatic carbocycles. The highest BCUT2D eigenvalue weighted by molar-refractivity contribution is 7.92. The van der Waals surface area contributed by atoms with Crippen LogP contribution < -0.4 is 15.5 Å². The Kier molecular flexibility index (Phi) is 5.85. The van der Waals surface area contributed by atoms with Crippen LogP contribution in [0.3, 0.4) is 0 Å². The molecule has 0 radical (unpaired) electrons. The van der Waals surface area contributed by atoms with Gasteiger partial charge in [-0.1, -0.05) is 6.07 Å². The molecule has 2 amide bonds. The monoisotopic (exact) mass is 453 g/mol. The highest BCUT2D eigenvalue weighted by Gasteiger charge is 2.49. The molecule has 3 fully saturated rings. The Balaban J connectivity index is 1.36. The van der Waals surface area contributed by atoms with Crippen LogP contribution in [0.25, 0.3) is 0 Å². The fourth-order valence-corrected chi connectivity index (χ4v) is 7.32. The van der Waals surface area contributed by atoms with Crippen LogP contribution >= 0.6 is 0 Å². The van der Waals surface area contributed by atoms with Gasteiger partial charge in [-0.15, -0.1) is 0 Å². The highest BCUT2D eigenvalue weighted by atomic mass is 32.2. The topological polar surface area (TPSA) is 105 Å². The normalized spacial score (nSPS) is 26.3. The number of hydrogen-bond donors (Lipinski definition) is 2. The summed E-state index contributed by atoms with van der Waals surface area (Å²) in [5.41, 5.74) is 0.968. The predicted octanol–water partition coefficient (Wildman–Crippen LogP) is 1.56. The molecule has 3 heterocycles. The summed E-state index contributed by atoms with van der Waals surface area (Å²) in [6.07, 6.45) is 1.42. The molecule has 1 unspecified atom stereocenters. The lowest BCUT2D eigenvalue weighted by molar-refractivity contribution is -0.120. The lowest BCUT2D eigenvalue weighted by atomic mass is 9.81. The summed E-state index contributed by atoms with van der Waals surface area (Å²) >= 11 is 0. The summed E-state index contributed by atoms with van der Waals surface area (Å²) in [7, 11) is -2.88. The quantitative estimate of drug-likeness (QED) is 0.701. The van der Waals surface area contributed by atoms with Crippen molar-refractivity contribution < 1.29 is 27.1 Å². The van der Waals surface area contributed by atoms with Gasteiger partial charge in [0.05, 0.1) is 29.7 Å². The molecule has 2 N–H and O–H groups in total. The third-order valence-electron chi connectivity index (χ3n) is 6.54. The zero-order valence-corrected chi connectivity index (χ0v) is 18.3. The van der Waals surface area contributed by atoms with Gasteiger partial charge >= 0.3 is 6.09 Å². The van der Waals surface area contributed by atoms with E-state index < -0.39 is 21.8 Å². The van der Waals surface area contributed by atoms with E-state index in [4.69, 9.17) is 4.74 Å². The summed E-state index contributed by atoms with van der Waals surface area (Å²) in [5, 5.41) is 5.44. The molecule has 31 heavy (non-hydrogen) atoms. The van der Waals surface area contributed by atoms with Crippen LogP contribution in [0, 0.1) is 11.2 Å². The van der Waals surface area contributed by atoms with Crippen LogP contribution in [0.1, 0.15) is 37.7 Å². The van der Waals surface area contributed by atoms with Crippen molar-refractivity contribution in [1.29, 1.82) is 0 Å². The van der Waals surface area contributed by atoms with Crippen molar-refractivity contribution in [1.82, 2.24) is 10.6 Å². The van der Waals surface area contributed by atoms with E-state index in [9.17, 15) is 22.4 Å². The smallest absolute Gasteiger partial charge is 0.407 e. The first-order chi connectivity index (χ1) is 14.7. The van der Waals surface area contributed by atoms with Gasteiger partial charge in [-0.3, -0.25) is 4.79 Å². The van der Waals surface area contributed by atoms with Crippen molar-refractivity contribution in [2.24, 2.45) is 5.41 Å². The second-order valence-electron chi connectivity index (χ2n) is 8.83. The fraction of sp³-hybridized carbons (Fsp3) is 0.619. The molecular formula is C21H28FN3O5S. The van der Waals surface area contributed by atoms with Gasteiger partial charge < -0.3 is 20.3 Å². The number of halogens is 1. The van der Waals surface area contributed by atoms with Crippen molar-refractivity contribution in [3.8, 4) is 0 Å². The molecular weight excluding hydrogens is 425 g/mol. The van der Waals surface area contributed by atoms with E-state index in [0.717, 1.165) is 12.8 Å². The first kappa shape index (κ1) is 21.9. The second-order valence-corrected chi connectivity index (χ2v) is 10.9. The number of piperidine rings is 1. The van der Waals surface area contributed by atoms with Crippen LogP contribution in [0.15, 0.2) is 18.2 Å². The molecule has 1 aromatic rings. The maximum Gasteiger partial charge on any atom is 0.407 e. The Morgan fingerprint density at radius 1 is 1.32 bits per heavy atom. The van der Waals surface area contributed by atoms with Gasteiger partial charge in [0.15, 0.2) is 9.84 Å². The molecule has 0 aliphatic carbocycles. The number of alkyl carbamates (subject to hydrolysis) is 1. The minimum atomic E-state index is -2.88. The number of rotatable bonds is 5. The number of carbonyl (C=O) groups excluding carboxylic acids is 2. The molecule has 8 nitrogen and oxygen atoms in total. The summed E-state index contributed by atoms with van der Waals surface area (Å²) in [6, 6.07) is 4.67. The van der Waals surface area contributed by atoms with Gasteiger partial charge in [-0.25, -0.2) is 17.6 Å². The first-order valence-electron chi connectivity index (χ1n) is 10.7. The molecule has 2 atom stereocenters. The number of nitrogens with zero attached hydrogens (tertiary/aromatic N) is 1. The van der Waals surface area contributed by atoms with E-state index in [2.05, 4.69) is 10.6 Å². The van der Waals surface area contributed by atoms with Crippen molar-refractivity contribution >= 4 is 27.5 Å². The Bertz CT molecular complexity index is 961.